The smallest absolute Gasteiger partial charge is 0.0705 e. The summed E-state index contributed by atoms with van der Waals surface area (Å²) in [6, 6.07) is 10.7. The molecule has 2 atom stereocenters. The van der Waals surface area contributed by atoms with Crippen LogP contribution in [-0.2, 0) is 0 Å². The highest BCUT2D eigenvalue weighted by Gasteiger charge is 2.36. The van der Waals surface area contributed by atoms with Gasteiger partial charge in [0.15, 0.2) is 0 Å². The molecule has 2 heteroatoms. The average Bonchev–Trinajstić information content (AvgIpc) is 2.45. The molecule has 0 amide bonds. The maximum Gasteiger partial charge on any atom is 0.0705 e. The van der Waals surface area contributed by atoms with Gasteiger partial charge in [-0.2, -0.15) is 0 Å². The Balaban J connectivity index is 1.93. The number of benzene rings is 1. The number of aromatic nitrogens is 1. The molecule has 2 nitrogen and oxygen atoms in total. The number of hydrogen-bond acceptors (Lipinski definition) is 2. The highest BCUT2D eigenvalue weighted by Crippen LogP contribution is 2.46. The fraction of sp³-hybridized carbons (Fsp3) is 0.500. The Morgan fingerprint density at radius 2 is 2.10 bits per heavy atom. The van der Waals surface area contributed by atoms with E-state index in [1.807, 2.05) is 12.3 Å². The van der Waals surface area contributed by atoms with Crippen molar-refractivity contribution in [3.8, 4) is 0 Å². The first kappa shape index (κ1) is 13.6. The predicted octanol–water partition coefficient (Wildman–Crippen LogP) is 4.45. The van der Waals surface area contributed by atoms with E-state index in [1.54, 1.807) is 0 Å². The van der Waals surface area contributed by atoms with Crippen molar-refractivity contribution in [2.24, 2.45) is 17.1 Å². The summed E-state index contributed by atoms with van der Waals surface area (Å²) in [5, 5.41) is 1.19. The number of hydrogen-bond donors (Lipinski definition) is 1. The molecule has 1 fully saturated rings. The normalized spacial score (nSPS) is 23.6. The Hall–Kier alpha value is -1.41. The lowest BCUT2D eigenvalue weighted by molar-refractivity contribution is 0.113. The zero-order valence-corrected chi connectivity index (χ0v) is 12.5. The fourth-order valence-electron chi connectivity index (χ4n) is 3.71. The van der Waals surface area contributed by atoms with Crippen LogP contribution in [0.25, 0.3) is 10.9 Å². The van der Waals surface area contributed by atoms with Crippen LogP contribution >= 0.6 is 0 Å². The van der Waals surface area contributed by atoms with E-state index in [4.69, 9.17) is 5.73 Å². The summed E-state index contributed by atoms with van der Waals surface area (Å²) in [5.41, 5.74) is 9.24. The van der Waals surface area contributed by atoms with E-state index in [-0.39, 0.29) is 6.04 Å². The third kappa shape index (κ3) is 2.45. The maximum atomic E-state index is 6.61. The molecule has 1 aliphatic carbocycles. The first-order valence-corrected chi connectivity index (χ1v) is 7.68. The van der Waals surface area contributed by atoms with Gasteiger partial charge in [0.1, 0.15) is 0 Å². The molecule has 0 spiro atoms. The van der Waals surface area contributed by atoms with Crippen LogP contribution in [0.4, 0.5) is 0 Å². The van der Waals surface area contributed by atoms with Crippen molar-refractivity contribution in [3.63, 3.8) is 0 Å². The van der Waals surface area contributed by atoms with Crippen molar-refractivity contribution >= 4 is 10.9 Å². The first-order chi connectivity index (χ1) is 9.58. The lowest BCUT2D eigenvalue weighted by Crippen LogP contribution is -2.36. The molecular formula is C18H24N2. The van der Waals surface area contributed by atoms with Crippen LogP contribution in [0.15, 0.2) is 36.5 Å². The summed E-state index contributed by atoms with van der Waals surface area (Å²) >= 11 is 0. The van der Waals surface area contributed by atoms with E-state index in [0.717, 1.165) is 5.52 Å². The molecule has 0 radical (unpaired) electrons. The molecule has 1 aromatic carbocycles. The third-order valence-corrected chi connectivity index (χ3v) is 5.04. The molecular weight excluding hydrogens is 244 g/mol. The molecule has 2 N–H and O–H groups in total. The fourth-order valence-corrected chi connectivity index (χ4v) is 3.71. The van der Waals surface area contributed by atoms with Crippen LogP contribution in [0.3, 0.4) is 0 Å². The third-order valence-electron chi connectivity index (χ3n) is 5.04. The van der Waals surface area contributed by atoms with Crippen molar-refractivity contribution < 1.29 is 0 Å². The van der Waals surface area contributed by atoms with Gasteiger partial charge in [-0.15, -0.1) is 0 Å². The minimum Gasteiger partial charge on any atom is -0.324 e. The minimum absolute atomic E-state index is 0.122. The highest BCUT2D eigenvalue weighted by atomic mass is 14.7. The SMILES string of the molecule is CC1(C)CCCCC1C(N)c1ccc2cccnc2c1. The van der Waals surface area contributed by atoms with E-state index >= 15 is 0 Å². The maximum absolute atomic E-state index is 6.61. The first-order valence-electron chi connectivity index (χ1n) is 7.68. The second-order valence-corrected chi connectivity index (χ2v) is 6.82. The minimum atomic E-state index is 0.122. The van der Waals surface area contributed by atoms with Crippen molar-refractivity contribution in [2.45, 2.75) is 45.6 Å². The van der Waals surface area contributed by atoms with Crippen molar-refractivity contribution in [1.82, 2.24) is 4.98 Å². The van der Waals surface area contributed by atoms with Gasteiger partial charge in [0.05, 0.1) is 5.52 Å². The van der Waals surface area contributed by atoms with Gasteiger partial charge >= 0.3 is 0 Å². The van der Waals surface area contributed by atoms with Crippen LogP contribution in [0.5, 0.6) is 0 Å². The van der Waals surface area contributed by atoms with Gasteiger partial charge in [0.2, 0.25) is 0 Å². The Bertz CT molecular complexity index is 603. The summed E-state index contributed by atoms with van der Waals surface area (Å²) < 4.78 is 0. The topological polar surface area (TPSA) is 38.9 Å². The van der Waals surface area contributed by atoms with Crippen LogP contribution in [0, 0.1) is 11.3 Å². The van der Waals surface area contributed by atoms with Gasteiger partial charge in [-0.3, -0.25) is 4.98 Å². The number of pyridine rings is 1. The molecule has 106 valence electrons. The number of nitrogens with zero attached hydrogens (tertiary/aromatic N) is 1. The van der Waals surface area contributed by atoms with Crippen LogP contribution in [0.1, 0.15) is 51.1 Å². The number of fused-ring (bicyclic) bond motifs is 1. The molecule has 2 unspecified atom stereocenters. The van der Waals surface area contributed by atoms with Crippen molar-refractivity contribution in [2.75, 3.05) is 0 Å². The Morgan fingerprint density at radius 3 is 2.90 bits per heavy atom. The van der Waals surface area contributed by atoms with Gasteiger partial charge in [-0.25, -0.2) is 0 Å². The summed E-state index contributed by atoms with van der Waals surface area (Å²) in [4.78, 5) is 4.45. The molecule has 0 bridgehead atoms. The van der Waals surface area contributed by atoms with E-state index in [1.165, 1.54) is 36.6 Å². The standard InChI is InChI=1S/C18H24N2/c1-18(2)10-4-3-7-15(18)17(19)14-9-8-13-6-5-11-20-16(13)12-14/h5-6,8-9,11-12,15,17H,3-4,7,10,19H2,1-2H3. The Labute approximate surface area is 121 Å². The molecule has 1 saturated carbocycles. The quantitative estimate of drug-likeness (QED) is 0.874. The van der Waals surface area contributed by atoms with E-state index in [2.05, 4.69) is 43.1 Å². The lowest BCUT2D eigenvalue weighted by atomic mass is 9.65. The van der Waals surface area contributed by atoms with E-state index in [9.17, 15) is 0 Å². The second kappa shape index (κ2) is 5.17. The van der Waals surface area contributed by atoms with Gasteiger partial charge in [-0.05, 0) is 41.9 Å². The number of rotatable bonds is 2. The molecule has 20 heavy (non-hydrogen) atoms. The zero-order chi connectivity index (χ0) is 14.2. The Morgan fingerprint density at radius 1 is 1.25 bits per heavy atom. The average molecular weight is 268 g/mol. The Kier molecular flexibility index (Phi) is 3.51. The van der Waals surface area contributed by atoms with Gasteiger partial charge in [0.25, 0.3) is 0 Å². The molecule has 3 rings (SSSR count). The van der Waals surface area contributed by atoms with Crippen molar-refractivity contribution in [1.29, 1.82) is 0 Å². The van der Waals surface area contributed by atoms with Crippen LogP contribution in [-0.4, -0.2) is 4.98 Å². The predicted molar refractivity (Wildman–Crippen MR) is 84.4 cm³/mol. The van der Waals surface area contributed by atoms with Crippen LogP contribution < -0.4 is 5.73 Å². The molecule has 2 aromatic rings. The second-order valence-electron chi connectivity index (χ2n) is 6.82. The molecule has 1 aromatic heterocycles. The summed E-state index contributed by atoms with van der Waals surface area (Å²) in [5.74, 6) is 0.567. The van der Waals surface area contributed by atoms with Gasteiger partial charge in [0, 0.05) is 17.6 Å². The van der Waals surface area contributed by atoms with Gasteiger partial charge in [-0.1, -0.05) is 44.9 Å². The van der Waals surface area contributed by atoms with Crippen molar-refractivity contribution in [3.05, 3.63) is 42.1 Å². The highest BCUT2D eigenvalue weighted by molar-refractivity contribution is 5.79. The monoisotopic (exact) mass is 268 g/mol. The summed E-state index contributed by atoms with van der Waals surface area (Å²) in [7, 11) is 0. The summed E-state index contributed by atoms with van der Waals surface area (Å²) in [6.07, 6.45) is 7.04. The molecule has 0 aliphatic heterocycles. The molecule has 0 saturated heterocycles. The zero-order valence-electron chi connectivity index (χ0n) is 12.5. The van der Waals surface area contributed by atoms with E-state index in [0.29, 0.717) is 11.3 Å². The number of nitrogens with two attached hydrogens (primary N) is 1. The molecule has 1 aliphatic rings. The van der Waals surface area contributed by atoms with Gasteiger partial charge < -0.3 is 5.73 Å². The van der Waals surface area contributed by atoms with E-state index < -0.39 is 0 Å². The lowest BCUT2D eigenvalue weighted by Gasteiger charge is -2.42. The van der Waals surface area contributed by atoms with Crippen LogP contribution in [0.2, 0.25) is 0 Å². The molecule has 1 heterocycles. The summed E-state index contributed by atoms with van der Waals surface area (Å²) in [6.45, 7) is 4.74. The largest absolute Gasteiger partial charge is 0.324 e.